The molecule has 0 aliphatic heterocycles. The van der Waals surface area contributed by atoms with Gasteiger partial charge in [-0.1, -0.05) is 0 Å². The highest BCUT2D eigenvalue weighted by molar-refractivity contribution is 14.1. The lowest BCUT2D eigenvalue weighted by atomic mass is 9.87. The predicted molar refractivity (Wildman–Crippen MR) is 80.0 cm³/mol. The van der Waals surface area contributed by atoms with E-state index in [1.807, 2.05) is 18.2 Å². The minimum absolute atomic E-state index is 0.0668. The summed E-state index contributed by atoms with van der Waals surface area (Å²) in [5.74, 6) is 0.687. The molecule has 94 valence electrons. The number of nitrogens with two attached hydrogens (primary N) is 1. The molecule has 0 saturated heterocycles. The first-order valence-corrected chi connectivity index (χ1v) is 7.20. The average Bonchev–Trinajstić information content (AvgIpc) is 2.30. The quantitative estimate of drug-likeness (QED) is 0.583. The second-order valence-electron chi connectivity index (χ2n) is 4.79. The number of hydrogen-bond acceptors (Lipinski definition) is 3. The molecule has 0 bridgehead atoms. The van der Waals surface area contributed by atoms with Gasteiger partial charge in [-0.05, 0) is 72.4 Å². The second-order valence-corrected chi connectivity index (χ2v) is 5.96. The van der Waals surface area contributed by atoms with Crippen LogP contribution in [0.4, 0.5) is 11.4 Å². The molecule has 1 aromatic carbocycles. The molecule has 1 fully saturated rings. The normalized spacial score (nSPS) is 24.6. The third kappa shape index (κ3) is 3.74. The van der Waals surface area contributed by atoms with Gasteiger partial charge in [-0.3, -0.25) is 0 Å². The van der Waals surface area contributed by atoms with Crippen molar-refractivity contribution in [1.29, 1.82) is 0 Å². The van der Waals surface area contributed by atoms with Crippen molar-refractivity contribution in [2.75, 3.05) is 17.6 Å². The Kier molecular flexibility index (Phi) is 4.50. The summed E-state index contributed by atoms with van der Waals surface area (Å²) in [6.45, 7) is 0.993. The van der Waals surface area contributed by atoms with Gasteiger partial charge in [-0.2, -0.15) is 0 Å². The maximum atomic E-state index is 9.45. The van der Waals surface area contributed by atoms with Crippen LogP contribution in [0.15, 0.2) is 18.2 Å². The number of nitrogens with one attached hydrogen (secondary N) is 1. The second kappa shape index (κ2) is 5.91. The number of rotatable bonds is 3. The monoisotopic (exact) mass is 346 g/mol. The van der Waals surface area contributed by atoms with Gasteiger partial charge in [-0.15, -0.1) is 0 Å². The first-order valence-electron chi connectivity index (χ1n) is 6.12. The van der Waals surface area contributed by atoms with Crippen LogP contribution in [0.2, 0.25) is 0 Å². The maximum absolute atomic E-state index is 9.45. The van der Waals surface area contributed by atoms with Crippen molar-refractivity contribution in [3.05, 3.63) is 21.8 Å². The lowest BCUT2D eigenvalue weighted by Gasteiger charge is -2.26. The Balaban J connectivity index is 1.85. The largest absolute Gasteiger partial charge is 0.399 e. The molecule has 3 nitrogen and oxygen atoms in total. The first kappa shape index (κ1) is 13.0. The molecular formula is C13H19IN2O. The topological polar surface area (TPSA) is 58.3 Å². The fourth-order valence-corrected chi connectivity index (χ4v) is 3.01. The molecule has 0 aromatic heterocycles. The highest BCUT2D eigenvalue weighted by atomic mass is 127. The minimum Gasteiger partial charge on any atom is -0.399 e. The number of benzene rings is 1. The number of aliphatic hydroxyl groups excluding tert-OH is 1. The molecule has 0 spiro atoms. The zero-order valence-electron chi connectivity index (χ0n) is 9.82. The lowest BCUT2D eigenvalue weighted by Crippen LogP contribution is -2.23. The summed E-state index contributed by atoms with van der Waals surface area (Å²) in [6, 6.07) is 5.94. The molecule has 2 rings (SSSR count). The molecular weight excluding hydrogens is 327 g/mol. The van der Waals surface area contributed by atoms with E-state index >= 15 is 0 Å². The van der Waals surface area contributed by atoms with E-state index in [1.165, 1.54) is 3.57 Å². The van der Waals surface area contributed by atoms with Gasteiger partial charge >= 0.3 is 0 Å². The highest BCUT2D eigenvalue weighted by Crippen LogP contribution is 2.26. The van der Waals surface area contributed by atoms with Crippen molar-refractivity contribution in [2.45, 2.75) is 31.8 Å². The van der Waals surface area contributed by atoms with E-state index in [-0.39, 0.29) is 6.10 Å². The standard InChI is InChI=1S/C13H19IN2O/c14-12-7-10(15)3-6-13(12)16-8-9-1-4-11(17)5-2-9/h3,6-7,9,11,16-17H,1-2,4-5,8,15H2. The van der Waals surface area contributed by atoms with Crippen LogP contribution in [0.5, 0.6) is 0 Å². The maximum Gasteiger partial charge on any atom is 0.0540 e. The number of halogens is 1. The summed E-state index contributed by atoms with van der Waals surface area (Å²) < 4.78 is 1.17. The molecule has 1 aliphatic carbocycles. The summed E-state index contributed by atoms with van der Waals surface area (Å²) in [7, 11) is 0. The Hall–Kier alpha value is -0.490. The van der Waals surface area contributed by atoms with E-state index in [2.05, 4.69) is 27.9 Å². The smallest absolute Gasteiger partial charge is 0.0540 e. The zero-order chi connectivity index (χ0) is 12.3. The van der Waals surface area contributed by atoms with Crippen LogP contribution in [0.25, 0.3) is 0 Å². The van der Waals surface area contributed by atoms with Crippen LogP contribution in [0.3, 0.4) is 0 Å². The molecule has 4 heteroatoms. The molecule has 0 heterocycles. The number of aliphatic hydroxyl groups is 1. The zero-order valence-corrected chi connectivity index (χ0v) is 12.0. The van der Waals surface area contributed by atoms with E-state index in [0.29, 0.717) is 5.92 Å². The Bertz CT molecular complexity index is 376. The van der Waals surface area contributed by atoms with Gasteiger partial charge < -0.3 is 16.2 Å². The third-order valence-electron chi connectivity index (χ3n) is 3.39. The van der Waals surface area contributed by atoms with Crippen molar-refractivity contribution < 1.29 is 5.11 Å². The number of hydrogen-bond donors (Lipinski definition) is 3. The molecule has 0 amide bonds. The van der Waals surface area contributed by atoms with Crippen molar-refractivity contribution >= 4 is 34.0 Å². The van der Waals surface area contributed by atoms with E-state index in [9.17, 15) is 5.11 Å². The van der Waals surface area contributed by atoms with Crippen LogP contribution in [0, 0.1) is 9.49 Å². The van der Waals surface area contributed by atoms with Crippen LogP contribution >= 0.6 is 22.6 Å². The number of anilines is 2. The summed E-state index contributed by atoms with van der Waals surface area (Å²) >= 11 is 2.30. The Morgan fingerprint density at radius 1 is 1.29 bits per heavy atom. The summed E-state index contributed by atoms with van der Waals surface area (Å²) in [6.07, 6.45) is 4.08. The van der Waals surface area contributed by atoms with Gasteiger partial charge in [0.05, 0.1) is 6.10 Å². The molecule has 17 heavy (non-hydrogen) atoms. The lowest BCUT2D eigenvalue weighted by molar-refractivity contribution is 0.111. The van der Waals surface area contributed by atoms with E-state index < -0.39 is 0 Å². The molecule has 1 aromatic rings. The van der Waals surface area contributed by atoms with Crippen LogP contribution in [-0.4, -0.2) is 17.8 Å². The fourth-order valence-electron chi connectivity index (χ4n) is 2.28. The van der Waals surface area contributed by atoms with Crippen molar-refractivity contribution in [3.8, 4) is 0 Å². The molecule has 4 N–H and O–H groups in total. The van der Waals surface area contributed by atoms with Gasteiger partial charge in [0.1, 0.15) is 0 Å². The Morgan fingerprint density at radius 3 is 2.65 bits per heavy atom. The molecule has 0 unspecified atom stereocenters. The molecule has 0 radical (unpaired) electrons. The summed E-state index contributed by atoms with van der Waals surface area (Å²) in [5, 5.41) is 12.9. The third-order valence-corrected chi connectivity index (χ3v) is 4.28. The van der Waals surface area contributed by atoms with Gasteiger partial charge in [0, 0.05) is 21.5 Å². The van der Waals surface area contributed by atoms with Crippen LogP contribution < -0.4 is 11.1 Å². The van der Waals surface area contributed by atoms with Crippen molar-refractivity contribution in [2.24, 2.45) is 5.92 Å². The molecule has 1 saturated carbocycles. The predicted octanol–water partition coefficient (Wildman–Crippen LogP) is 2.84. The minimum atomic E-state index is -0.0668. The molecule has 0 atom stereocenters. The van der Waals surface area contributed by atoms with Gasteiger partial charge in [0.15, 0.2) is 0 Å². The van der Waals surface area contributed by atoms with Gasteiger partial charge in [0.2, 0.25) is 0 Å². The van der Waals surface area contributed by atoms with E-state index in [0.717, 1.165) is 43.6 Å². The summed E-state index contributed by atoms with van der Waals surface area (Å²) in [4.78, 5) is 0. The summed E-state index contributed by atoms with van der Waals surface area (Å²) in [5.41, 5.74) is 7.69. The van der Waals surface area contributed by atoms with Gasteiger partial charge in [-0.25, -0.2) is 0 Å². The van der Waals surface area contributed by atoms with Gasteiger partial charge in [0.25, 0.3) is 0 Å². The SMILES string of the molecule is Nc1ccc(NCC2CCC(O)CC2)c(I)c1. The number of nitrogen functional groups attached to an aromatic ring is 1. The Morgan fingerprint density at radius 2 is 2.00 bits per heavy atom. The van der Waals surface area contributed by atoms with Crippen LogP contribution in [0.1, 0.15) is 25.7 Å². The fraction of sp³-hybridized carbons (Fsp3) is 0.538. The first-order chi connectivity index (χ1) is 8.15. The average molecular weight is 346 g/mol. The van der Waals surface area contributed by atoms with Crippen LogP contribution in [-0.2, 0) is 0 Å². The Labute approximate surface area is 116 Å². The van der Waals surface area contributed by atoms with Crippen molar-refractivity contribution in [1.82, 2.24) is 0 Å². The van der Waals surface area contributed by atoms with E-state index in [4.69, 9.17) is 5.73 Å². The highest BCUT2D eigenvalue weighted by Gasteiger charge is 2.19. The van der Waals surface area contributed by atoms with Crippen molar-refractivity contribution in [3.63, 3.8) is 0 Å². The molecule has 1 aliphatic rings. The van der Waals surface area contributed by atoms with E-state index in [1.54, 1.807) is 0 Å².